The summed E-state index contributed by atoms with van der Waals surface area (Å²) in [6, 6.07) is 15.0. The number of hydrogen-bond donors (Lipinski definition) is 3. The van der Waals surface area contributed by atoms with E-state index in [4.69, 9.17) is 0 Å². The van der Waals surface area contributed by atoms with Crippen molar-refractivity contribution in [3.05, 3.63) is 54.1 Å². The molecular formula is C19H23N3O2. The van der Waals surface area contributed by atoms with Gasteiger partial charge in [0, 0.05) is 23.0 Å². The predicted octanol–water partition coefficient (Wildman–Crippen LogP) is 3.64. The van der Waals surface area contributed by atoms with Crippen molar-refractivity contribution >= 4 is 28.9 Å². The first-order valence-electron chi connectivity index (χ1n) is 7.95. The van der Waals surface area contributed by atoms with Gasteiger partial charge in [-0.1, -0.05) is 32.0 Å². The summed E-state index contributed by atoms with van der Waals surface area (Å²) in [6.45, 7) is 5.81. The van der Waals surface area contributed by atoms with Gasteiger partial charge in [0.1, 0.15) is 0 Å². The number of benzene rings is 2. The van der Waals surface area contributed by atoms with E-state index in [1.165, 1.54) is 0 Å². The van der Waals surface area contributed by atoms with Crippen LogP contribution in [0.2, 0.25) is 0 Å². The molecule has 0 spiro atoms. The third-order valence-electron chi connectivity index (χ3n) is 3.41. The van der Waals surface area contributed by atoms with Crippen LogP contribution in [-0.2, 0) is 9.59 Å². The molecule has 0 aliphatic rings. The number of rotatable bonds is 6. The lowest BCUT2D eigenvalue weighted by Gasteiger charge is -2.11. The second kappa shape index (κ2) is 8.15. The quantitative estimate of drug-likeness (QED) is 0.759. The summed E-state index contributed by atoms with van der Waals surface area (Å²) in [5.41, 5.74) is 3.35. The first-order valence-corrected chi connectivity index (χ1v) is 7.95. The van der Waals surface area contributed by atoms with Gasteiger partial charge in [-0.15, -0.1) is 0 Å². The van der Waals surface area contributed by atoms with Gasteiger partial charge in [-0.25, -0.2) is 0 Å². The first kappa shape index (κ1) is 17.5. The fourth-order valence-corrected chi connectivity index (χ4v) is 2.10. The van der Waals surface area contributed by atoms with Crippen LogP contribution in [0.3, 0.4) is 0 Å². The Morgan fingerprint density at radius 3 is 2.21 bits per heavy atom. The largest absolute Gasteiger partial charge is 0.376 e. The van der Waals surface area contributed by atoms with E-state index >= 15 is 0 Å². The Hall–Kier alpha value is -2.82. The molecule has 2 amide bonds. The minimum atomic E-state index is -0.128. The molecule has 0 aliphatic heterocycles. The molecular weight excluding hydrogens is 302 g/mol. The van der Waals surface area contributed by atoms with E-state index in [2.05, 4.69) is 16.0 Å². The van der Waals surface area contributed by atoms with Crippen molar-refractivity contribution in [2.45, 2.75) is 20.8 Å². The number of carbonyl (C=O) groups is 2. The number of nitrogens with one attached hydrogen (secondary N) is 3. The molecule has 0 fully saturated rings. The maximum Gasteiger partial charge on any atom is 0.243 e. The van der Waals surface area contributed by atoms with Gasteiger partial charge in [-0.2, -0.15) is 0 Å². The summed E-state index contributed by atoms with van der Waals surface area (Å²) >= 11 is 0. The Morgan fingerprint density at radius 2 is 1.54 bits per heavy atom. The number of amides is 2. The van der Waals surface area contributed by atoms with Crippen LogP contribution in [0.4, 0.5) is 17.1 Å². The van der Waals surface area contributed by atoms with Gasteiger partial charge >= 0.3 is 0 Å². The van der Waals surface area contributed by atoms with E-state index in [1.807, 2.05) is 63.2 Å². The maximum atomic E-state index is 12.0. The molecule has 3 N–H and O–H groups in total. The first-order chi connectivity index (χ1) is 11.4. The van der Waals surface area contributed by atoms with E-state index in [0.717, 1.165) is 16.9 Å². The van der Waals surface area contributed by atoms with Gasteiger partial charge < -0.3 is 16.0 Å². The molecule has 2 aromatic rings. The van der Waals surface area contributed by atoms with E-state index in [0.29, 0.717) is 5.69 Å². The molecule has 24 heavy (non-hydrogen) atoms. The number of aryl methyl sites for hydroxylation is 1. The van der Waals surface area contributed by atoms with Crippen molar-refractivity contribution in [2.24, 2.45) is 5.92 Å². The Kier molecular flexibility index (Phi) is 5.95. The Balaban J connectivity index is 1.89. The number of hydrogen-bond acceptors (Lipinski definition) is 3. The highest BCUT2D eigenvalue weighted by molar-refractivity contribution is 5.94. The van der Waals surface area contributed by atoms with E-state index in [9.17, 15) is 9.59 Å². The Bertz CT molecular complexity index is 726. The second-order valence-electron chi connectivity index (χ2n) is 6.00. The fraction of sp³-hybridized carbons (Fsp3) is 0.263. The minimum Gasteiger partial charge on any atom is -0.376 e. The maximum absolute atomic E-state index is 12.0. The monoisotopic (exact) mass is 325 g/mol. The third-order valence-corrected chi connectivity index (χ3v) is 3.41. The number of carbonyl (C=O) groups excluding carboxylic acids is 2. The van der Waals surface area contributed by atoms with Crippen LogP contribution in [0.1, 0.15) is 19.4 Å². The molecule has 0 bridgehead atoms. The molecule has 0 aliphatic carbocycles. The van der Waals surface area contributed by atoms with Gasteiger partial charge in [-0.05, 0) is 42.8 Å². The summed E-state index contributed by atoms with van der Waals surface area (Å²) in [7, 11) is 0. The summed E-state index contributed by atoms with van der Waals surface area (Å²) in [5, 5.41) is 8.74. The molecule has 0 atom stereocenters. The molecule has 2 rings (SSSR count). The van der Waals surface area contributed by atoms with Gasteiger partial charge in [0.2, 0.25) is 11.8 Å². The molecule has 5 nitrogen and oxygen atoms in total. The average molecular weight is 325 g/mol. The van der Waals surface area contributed by atoms with Gasteiger partial charge in [0.15, 0.2) is 0 Å². The summed E-state index contributed by atoms with van der Waals surface area (Å²) in [6.07, 6.45) is 0. The van der Waals surface area contributed by atoms with E-state index in [-0.39, 0.29) is 24.3 Å². The molecule has 0 aromatic heterocycles. The molecule has 0 heterocycles. The van der Waals surface area contributed by atoms with Crippen molar-refractivity contribution in [3.8, 4) is 0 Å². The molecule has 126 valence electrons. The normalized spacial score (nSPS) is 10.3. The molecule has 0 radical (unpaired) electrons. The SMILES string of the molecule is Cc1cccc(NC(=O)CNc2cccc(NC(=O)C(C)C)c2)c1. The van der Waals surface area contributed by atoms with Crippen LogP contribution in [0.25, 0.3) is 0 Å². The summed E-state index contributed by atoms with van der Waals surface area (Å²) in [4.78, 5) is 23.7. The number of anilines is 3. The van der Waals surface area contributed by atoms with Crippen LogP contribution in [-0.4, -0.2) is 18.4 Å². The van der Waals surface area contributed by atoms with Crippen molar-refractivity contribution in [1.29, 1.82) is 0 Å². The fourth-order valence-electron chi connectivity index (χ4n) is 2.10. The zero-order valence-corrected chi connectivity index (χ0v) is 14.2. The summed E-state index contributed by atoms with van der Waals surface area (Å²) in [5.74, 6) is -0.247. The van der Waals surface area contributed by atoms with Gasteiger partial charge in [-0.3, -0.25) is 9.59 Å². The Morgan fingerprint density at radius 1 is 0.917 bits per heavy atom. The average Bonchev–Trinajstić information content (AvgIpc) is 2.53. The van der Waals surface area contributed by atoms with Gasteiger partial charge in [0.05, 0.1) is 6.54 Å². The van der Waals surface area contributed by atoms with Crippen LogP contribution in [0, 0.1) is 12.8 Å². The van der Waals surface area contributed by atoms with Gasteiger partial charge in [0.25, 0.3) is 0 Å². The van der Waals surface area contributed by atoms with E-state index < -0.39 is 0 Å². The lowest BCUT2D eigenvalue weighted by molar-refractivity contribution is -0.119. The van der Waals surface area contributed by atoms with Crippen LogP contribution >= 0.6 is 0 Å². The predicted molar refractivity (Wildman–Crippen MR) is 98.2 cm³/mol. The van der Waals surface area contributed by atoms with E-state index in [1.54, 1.807) is 6.07 Å². The molecule has 2 aromatic carbocycles. The second-order valence-corrected chi connectivity index (χ2v) is 6.00. The van der Waals surface area contributed by atoms with Crippen LogP contribution in [0.5, 0.6) is 0 Å². The molecule has 5 heteroatoms. The highest BCUT2D eigenvalue weighted by Gasteiger charge is 2.07. The van der Waals surface area contributed by atoms with Crippen molar-refractivity contribution in [1.82, 2.24) is 0 Å². The molecule has 0 unspecified atom stereocenters. The highest BCUT2D eigenvalue weighted by Crippen LogP contribution is 2.16. The molecule has 0 saturated carbocycles. The lowest BCUT2D eigenvalue weighted by Crippen LogP contribution is -2.22. The lowest BCUT2D eigenvalue weighted by atomic mass is 10.2. The zero-order valence-electron chi connectivity index (χ0n) is 14.2. The zero-order chi connectivity index (χ0) is 17.5. The van der Waals surface area contributed by atoms with Crippen molar-refractivity contribution < 1.29 is 9.59 Å². The minimum absolute atomic E-state index is 0.0376. The van der Waals surface area contributed by atoms with Crippen LogP contribution < -0.4 is 16.0 Å². The third kappa shape index (κ3) is 5.43. The topological polar surface area (TPSA) is 70.2 Å². The van der Waals surface area contributed by atoms with Crippen molar-refractivity contribution in [2.75, 3.05) is 22.5 Å². The standard InChI is InChI=1S/C19H23N3O2/c1-13(2)19(24)22-17-9-5-7-15(11-17)20-12-18(23)21-16-8-4-6-14(3)10-16/h4-11,13,20H,12H2,1-3H3,(H,21,23)(H,22,24). The smallest absolute Gasteiger partial charge is 0.243 e. The van der Waals surface area contributed by atoms with Crippen molar-refractivity contribution in [3.63, 3.8) is 0 Å². The highest BCUT2D eigenvalue weighted by atomic mass is 16.2. The summed E-state index contributed by atoms with van der Waals surface area (Å²) < 4.78 is 0. The Labute approximate surface area is 142 Å². The van der Waals surface area contributed by atoms with Crippen LogP contribution in [0.15, 0.2) is 48.5 Å². The molecule has 0 saturated heterocycles.